The summed E-state index contributed by atoms with van der Waals surface area (Å²) < 4.78 is 11.3. The molecule has 1 aliphatic rings. The summed E-state index contributed by atoms with van der Waals surface area (Å²) in [6.45, 7) is 5.07. The van der Waals surface area contributed by atoms with E-state index >= 15 is 0 Å². The van der Waals surface area contributed by atoms with Crippen molar-refractivity contribution in [1.82, 2.24) is 0 Å². The molecule has 9 heteroatoms. The van der Waals surface area contributed by atoms with E-state index in [0.717, 1.165) is 83.2 Å². The van der Waals surface area contributed by atoms with Crippen LogP contribution in [0.3, 0.4) is 0 Å². The first-order valence-electron chi connectivity index (χ1n) is 8.75. The van der Waals surface area contributed by atoms with Crippen LogP contribution in [0.5, 0.6) is 0 Å². The fraction of sp³-hybridized carbons (Fsp3) is 0.143. The molecular weight excluding hydrogens is 2000 g/mol. The number of rotatable bonds is 0. The Morgan fingerprint density at radius 1 is 0.522 bits per heavy atom. The van der Waals surface area contributed by atoms with Gasteiger partial charge in [0.2, 0.25) is 0 Å². The Balaban J connectivity index is 2.63. The first kappa shape index (κ1) is 28.0. The molecule has 1 heterocycles. The van der Waals surface area contributed by atoms with Crippen molar-refractivity contribution in [3.8, 4) is 11.1 Å². The maximum absolute atomic E-state index is 2.53. The number of fused-ring (bicyclic) bond motifs is 3. The van der Waals surface area contributed by atoms with Crippen molar-refractivity contribution in [3.63, 3.8) is 0 Å². The summed E-state index contributed by atoms with van der Waals surface area (Å²) >= 11 is 4.84. The first-order valence-corrected chi connectivity index (χ1v) is 61.1. The van der Waals surface area contributed by atoms with Gasteiger partial charge in [-0.2, -0.15) is 0 Å². The zero-order valence-electron chi connectivity index (χ0n) is 16.5. The summed E-state index contributed by atoms with van der Waals surface area (Å²) in [5, 5.41) is 4.44. The summed E-state index contributed by atoms with van der Waals surface area (Å²) in [6.07, 6.45) is 0. The second kappa shape index (κ2) is 11.6. The average molecular weight is 2020 g/mol. The van der Waals surface area contributed by atoms with E-state index in [4.69, 9.17) is 0 Å². The summed E-state index contributed by atoms with van der Waals surface area (Å²) in [6, 6.07) is 0. The van der Waals surface area contributed by atoms with Crippen LogP contribution < -0.4 is 14.0 Å². The van der Waals surface area contributed by atoms with Crippen LogP contribution in [0, 0.1) is 354 Å². The molecule has 0 aromatic heterocycles. The first-order chi connectivity index (χ1) is 10.5. The third kappa shape index (κ3) is 5.41. The standard InChI is InChI=1S/C14H6Si.8Ra.8H/c1-9-3-5-13-11(7-9)12-8-10(2)4-6-14(12)15-13;;;;;;;;;;;;;;;;/h1-2H3;;;;;;;;;;;;;;;;. The Labute approximate surface area is 370 Å². The molecule has 0 aliphatic carbocycles. The average Bonchev–Trinajstić information content (AvgIpc) is 2.74. The third-order valence-electron chi connectivity index (χ3n) is 6.88. The molecule has 0 spiro atoms. The normalized spacial score (nSPS) is 14.2. The van der Waals surface area contributed by atoms with Gasteiger partial charge in [0.05, 0.1) is 0 Å². The summed E-state index contributed by atoms with van der Waals surface area (Å²) in [7, 11) is 0. The van der Waals surface area contributed by atoms with Gasteiger partial charge in [-0.1, -0.05) is 0 Å². The maximum atomic E-state index is 2.53. The number of benzene rings is 2. The summed E-state index contributed by atoms with van der Waals surface area (Å²) in [5.41, 5.74) is 7.73. The quantitative estimate of drug-likeness (QED) is 0.232. The Bertz CT molecular complexity index is 816. The molecule has 0 atom stereocenters. The van der Waals surface area contributed by atoms with Gasteiger partial charge in [-0.15, -0.1) is 0 Å². The van der Waals surface area contributed by atoms with Crippen molar-refractivity contribution in [2.24, 2.45) is 0 Å². The number of hydrogen-bond acceptors (Lipinski definition) is 0. The van der Waals surface area contributed by atoms with Crippen molar-refractivity contribution in [3.05, 3.63) is 11.1 Å². The van der Waals surface area contributed by atoms with E-state index in [-0.39, 0.29) is 0 Å². The predicted octanol–water partition coefficient (Wildman–Crippen LogP) is -5.16. The second-order valence-corrected chi connectivity index (χ2v) is 188. The molecule has 2 aromatic carbocycles. The monoisotopic (exact) mass is 2020 g/mol. The van der Waals surface area contributed by atoms with E-state index in [1.165, 1.54) is 0 Å². The van der Waals surface area contributed by atoms with Crippen molar-refractivity contribution in [2.75, 3.05) is 0 Å². The van der Waals surface area contributed by atoms with E-state index < -0.39 is -4.24 Å². The van der Waals surface area contributed by atoms with Crippen LogP contribution in [-0.2, 0) is 0 Å². The Hall–Kier alpha value is 10.4. The summed E-state index contributed by atoms with van der Waals surface area (Å²) in [4.78, 5) is 0. The molecule has 0 saturated heterocycles. The minimum atomic E-state index is -0.921. The van der Waals surface area contributed by atoms with Crippen LogP contribution >= 0.6 is 0 Å². The molecule has 0 nitrogen and oxygen atoms in total. The predicted molar refractivity (Wildman–Crippen MR) is 75.3 cm³/mol. The van der Waals surface area contributed by atoms with Crippen LogP contribution in [0.25, 0.3) is 11.1 Å². The van der Waals surface area contributed by atoms with Crippen LogP contribution in [0.2, 0.25) is 0 Å². The van der Waals surface area contributed by atoms with Gasteiger partial charge in [0.1, 0.15) is 0 Å². The molecule has 1 aliphatic heterocycles. The Morgan fingerprint density at radius 3 is 1.13 bits per heavy atom. The topological polar surface area (TPSA) is 0 Å². The molecule has 90 valence electrons. The molecular formula is C14H14Ra8Si. The molecule has 23 heavy (non-hydrogen) atoms. The van der Waals surface area contributed by atoms with Crippen molar-refractivity contribution in [2.45, 2.75) is 13.8 Å². The molecule has 3 rings (SSSR count). The summed E-state index contributed by atoms with van der Waals surface area (Å²) in [5.74, 6) is 0. The van der Waals surface area contributed by atoms with Gasteiger partial charge in [-0.05, 0) is 0 Å². The van der Waals surface area contributed by atoms with E-state index in [9.17, 15) is 0 Å². The molecule has 0 radical (unpaired) electrons. The van der Waals surface area contributed by atoms with Crippen molar-refractivity contribution in [1.29, 1.82) is 0 Å². The minimum absolute atomic E-state index is 0.520. The van der Waals surface area contributed by atoms with Crippen LogP contribution in [-0.4, -0.2) is -4.24 Å². The molecule has 0 amide bonds. The van der Waals surface area contributed by atoms with Gasteiger partial charge in [-0.25, -0.2) is 0 Å². The van der Waals surface area contributed by atoms with Crippen molar-refractivity contribution >= 4 is 9.76 Å². The fourth-order valence-electron chi connectivity index (χ4n) is 4.94. The van der Waals surface area contributed by atoms with Gasteiger partial charge in [0.15, 0.2) is 0 Å². The third-order valence-corrected chi connectivity index (χ3v) is 106. The van der Waals surface area contributed by atoms with E-state index in [0.29, 0.717) is 257 Å². The second-order valence-electron chi connectivity index (χ2n) is 8.12. The zero-order valence-corrected chi connectivity index (χ0v) is 83.3. The van der Waals surface area contributed by atoms with Crippen molar-refractivity contribution < 1.29 is 340 Å². The zero-order chi connectivity index (χ0) is 17.4. The van der Waals surface area contributed by atoms with Gasteiger partial charge in [0, 0.05) is 0 Å². The Kier molecular flexibility index (Phi) is 14.1. The van der Waals surface area contributed by atoms with Gasteiger partial charge in [0.25, 0.3) is 0 Å². The fourth-order valence-corrected chi connectivity index (χ4v) is 195. The SMILES string of the molecule is Cc1[c]([RaH])[c]([RaH])c2c([c]1[RaH])-c1[c]([RaH])c(C)[c]([RaH])[c]([RaH])c1[Si]2([RaH])[RaH]. The molecule has 0 unspecified atom stereocenters. The van der Waals surface area contributed by atoms with E-state index in [2.05, 4.69) is 25.4 Å². The van der Waals surface area contributed by atoms with E-state index in [1.54, 1.807) is 0 Å². The number of hydrogen-bond donors (Lipinski definition) is 0. The van der Waals surface area contributed by atoms with Crippen LogP contribution in [0.15, 0.2) is 0 Å². The van der Waals surface area contributed by atoms with Gasteiger partial charge in [-0.3, -0.25) is 0 Å². The van der Waals surface area contributed by atoms with Gasteiger partial charge < -0.3 is 0 Å². The van der Waals surface area contributed by atoms with Crippen LogP contribution in [0.1, 0.15) is 11.1 Å². The van der Waals surface area contributed by atoms with E-state index in [1.807, 2.05) is 24.7 Å². The molecule has 0 bridgehead atoms. The Morgan fingerprint density at radius 2 is 0.826 bits per heavy atom. The molecule has 0 N–H and O–H groups in total. The molecule has 0 saturated carbocycles. The van der Waals surface area contributed by atoms with Gasteiger partial charge >= 0.3 is 386 Å². The molecule has 2 aromatic rings. The van der Waals surface area contributed by atoms with Crippen LogP contribution in [0.4, 0.5) is 0 Å². The molecule has 0 fully saturated rings.